The number of aromatic nitrogens is 2. The molecule has 3 N–H and O–H groups in total. The van der Waals surface area contributed by atoms with E-state index in [0.717, 1.165) is 0 Å². The number of halogens is 2. The van der Waals surface area contributed by atoms with Gasteiger partial charge in [-0.1, -0.05) is 6.07 Å². The Morgan fingerprint density at radius 2 is 2.29 bits per heavy atom. The Morgan fingerprint density at radius 3 is 2.95 bits per heavy atom. The van der Waals surface area contributed by atoms with E-state index in [1.54, 1.807) is 13.2 Å². The number of anilines is 1. The minimum absolute atomic E-state index is 0.0854. The van der Waals surface area contributed by atoms with Gasteiger partial charge in [0.25, 0.3) is 5.91 Å². The lowest BCUT2D eigenvalue weighted by Crippen LogP contribution is -2.14. The molecule has 0 aliphatic heterocycles. The molecule has 0 atom stereocenters. The number of ether oxygens (including phenoxy) is 1. The fourth-order valence-electron chi connectivity index (χ4n) is 1.79. The number of rotatable bonds is 5. The molecule has 0 aliphatic carbocycles. The van der Waals surface area contributed by atoms with Crippen LogP contribution in [0.4, 0.5) is 14.6 Å². The van der Waals surface area contributed by atoms with E-state index in [1.807, 2.05) is 0 Å². The second kappa shape index (κ2) is 6.31. The Kier molecular flexibility index (Phi) is 4.49. The first-order valence-electron chi connectivity index (χ1n) is 6.08. The first-order chi connectivity index (χ1) is 9.99. The molecular formula is C13H14F2N4O2. The van der Waals surface area contributed by atoms with Crippen molar-refractivity contribution in [3.05, 3.63) is 41.6 Å². The first kappa shape index (κ1) is 14.9. The van der Waals surface area contributed by atoms with Gasteiger partial charge in [-0.2, -0.15) is 13.9 Å². The van der Waals surface area contributed by atoms with Gasteiger partial charge in [0.2, 0.25) is 0 Å². The summed E-state index contributed by atoms with van der Waals surface area (Å²) in [6.07, 6.45) is 1.69. The molecule has 0 unspecified atom stereocenters. The zero-order valence-corrected chi connectivity index (χ0v) is 11.2. The largest absolute Gasteiger partial charge is 0.435 e. The molecule has 21 heavy (non-hydrogen) atoms. The minimum Gasteiger partial charge on any atom is -0.435 e. The van der Waals surface area contributed by atoms with E-state index in [1.165, 1.54) is 28.9 Å². The van der Waals surface area contributed by atoms with Crippen molar-refractivity contribution in [1.82, 2.24) is 9.78 Å². The maximum absolute atomic E-state index is 12.2. The maximum atomic E-state index is 12.2. The monoisotopic (exact) mass is 296 g/mol. The quantitative estimate of drug-likeness (QED) is 0.880. The van der Waals surface area contributed by atoms with Gasteiger partial charge in [0, 0.05) is 30.9 Å². The van der Waals surface area contributed by atoms with Gasteiger partial charge in [0.05, 0.1) is 0 Å². The van der Waals surface area contributed by atoms with Crippen LogP contribution in [0.1, 0.15) is 15.9 Å². The highest BCUT2D eigenvalue weighted by molar-refractivity contribution is 6.04. The van der Waals surface area contributed by atoms with Crippen LogP contribution in [-0.4, -0.2) is 22.3 Å². The summed E-state index contributed by atoms with van der Waals surface area (Å²) in [7, 11) is 1.70. The molecule has 1 amide bonds. The number of nitrogens with zero attached hydrogens (tertiary/aromatic N) is 2. The van der Waals surface area contributed by atoms with Gasteiger partial charge in [-0.15, -0.1) is 0 Å². The van der Waals surface area contributed by atoms with Gasteiger partial charge in [0.15, 0.2) is 5.82 Å². The van der Waals surface area contributed by atoms with Crippen LogP contribution in [-0.2, 0) is 13.6 Å². The van der Waals surface area contributed by atoms with E-state index in [0.29, 0.717) is 11.4 Å². The SMILES string of the molecule is Cn1cc(CN)c(NC(=O)c2cccc(OC(F)F)c2)n1. The number of nitrogens with one attached hydrogen (secondary N) is 1. The number of aryl methyl sites for hydroxylation is 1. The lowest BCUT2D eigenvalue weighted by molar-refractivity contribution is -0.0498. The standard InChI is InChI=1S/C13H14F2N4O2/c1-19-7-9(6-16)11(18-19)17-12(20)8-3-2-4-10(5-8)21-13(14)15/h2-5,7,13H,6,16H2,1H3,(H,17,18,20). The normalized spacial score (nSPS) is 10.7. The fraction of sp³-hybridized carbons (Fsp3) is 0.231. The van der Waals surface area contributed by atoms with Gasteiger partial charge in [0.1, 0.15) is 5.75 Å². The molecule has 0 fully saturated rings. The summed E-state index contributed by atoms with van der Waals surface area (Å²) >= 11 is 0. The van der Waals surface area contributed by atoms with Gasteiger partial charge in [-0.25, -0.2) is 0 Å². The third-order valence-corrected chi connectivity index (χ3v) is 2.68. The molecule has 1 heterocycles. The summed E-state index contributed by atoms with van der Waals surface area (Å²) in [6.45, 7) is -2.72. The average Bonchev–Trinajstić information content (AvgIpc) is 2.78. The van der Waals surface area contributed by atoms with Crippen molar-refractivity contribution in [2.45, 2.75) is 13.2 Å². The summed E-state index contributed by atoms with van der Waals surface area (Å²) in [5.41, 5.74) is 6.40. The third-order valence-electron chi connectivity index (χ3n) is 2.68. The number of hydrogen-bond acceptors (Lipinski definition) is 4. The number of carbonyl (C=O) groups is 1. The third kappa shape index (κ3) is 3.76. The molecule has 0 saturated heterocycles. The predicted octanol–water partition coefficient (Wildman–Crippen LogP) is 1.73. The highest BCUT2D eigenvalue weighted by Gasteiger charge is 2.13. The van der Waals surface area contributed by atoms with Gasteiger partial charge >= 0.3 is 6.61 Å². The first-order valence-corrected chi connectivity index (χ1v) is 6.08. The molecule has 0 spiro atoms. The van der Waals surface area contributed by atoms with Gasteiger partial charge < -0.3 is 15.8 Å². The van der Waals surface area contributed by atoms with E-state index in [2.05, 4.69) is 15.2 Å². The zero-order valence-electron chi connectivity index (χ0n) is 11.2. The Morgan fingerprint density at radius 1 is 1.52 bits per heavy atom. The summed E-state index contributed by atoms with van der Waals surface area (Å²) in [5, 5.41) is 6.66. The molecule has 0 saturated carbocycles. The van der Waals surface area contributed by atoms with Crippen LogP contribution in [0, 0.1) is 0 Å². The number of hydrogen-bond donors (Lipinski definition) is 2. The average molecular weight is 296 g/mol. The van der Waals surface area contributed by atoms with Crippen molar-refractivity contribution in [3.63, 3.8) is 0 Å². The minimum atomic E-state index is -2.94. The lowest BCUT2D eigenvalue weighted by Gasteiger charge is -2.07. The van der Waals surface area contributed by atoms with Gasteiger partial charge in [-0.3, -0.25) is 9.48 Å². The summed E-state index contributed by atoms with van der Waals surface area (Å²) in [5.74, 6) is -0.231. The fourth-order valence-corrected chi connectivity index (χ4v) is 1.79. The van der Waals surface area contributed by atoms with Crippen molar-refractivity contribution in [2.75, 3.05) is 5.32 Å². The number of amides is 1. The van der Waals surface area contributed by atoms with E-state index in [9.17, 15) is 13.6 Å². The summed E-state index contributed by atoms with van der Waals surface area (Å²) < 4.78 is 30.1. The van der Waals surface area contributed by atoms with Crippen molar-refractivity contribution in [3.8, 4) is 5.75 Å². The molecular weight excluding hydrogens is 282 g/mol. The number of nitrogens with two attached hydrogens (primary N) is 1. The number of carbonyl (C=O) groups excluding carboxylic acids is 1. The summed E-state index contributed by atoms with van der Waals surface area (Å²) in [4.78, 5) is 12.1. The van der Waals surface area contributed by atoms with Crippen molar-refractivity contribution in [1.29, 1.82) is 0 Å². The smallest absolute Gasteiger partial charge is 0.387 e. The van der Waals surface area contributed by atoms with Crippen molar-refractivity contribution in [2.24, 2.45) is 12.8 Å². The molecule has 8 heteroatoms. The molecule has 0 radical (unpaired) electrons. The molecule has 0 aliphatic rings. The number of alkyl halides is 2. The Balaban J connectivity index is 2.16. The Bertz CT molecular complexity index is 643. The highest BCUT2D eigenvalue weighted by Crippen LogP contribution is 2.18. The maximum Gasteiger partial charge on any atom is 0.387 e. The van der Waals surface area contributed by atoms with E-state index >= 15 is 0 Å². The van der Waals surface area contributed by atoms with Crippen molar-refractivity contribution >= 4 is 11.7 Å². The molecule has 2 aromatic rings. The van der Waals surface area contributed by atoms with Crippen LogP contribution in [0.2, 0.25) is 0 Å². The molecule has 2 rings (SSSR count). The Hall–Kier alpha value is -2.48. The second-order valence-electron chi connectivity index (χ2n) is 4.24. The Labute approximate surface area is 119 Å². The highest BCUT2D eigenvalue weighted by atomic mass is 19.3. The number of benzene rings is 1. The van der Waals surface area contributed by atoms with E-state index in [-0.39, 0.29) is 17.9 Å². The van der Waals surface area contributed by atoms with Crippen LogP contribution in [0.3, 0.4) is 0 Å². The molecule has 112 valence electrons. The van der Waals surface area contributed by atoms with Crippen molar-refractivity contribution < 1.29 is 18.3 Å². The predicted molar refractivity (Wildman–Crippen MR) is 72.1 cm³/mol. The second-order valence-corrected chi connectivity index (χ2v) is 4.24. The van der Waals surface area contributed by atoms with Gasteiger partial charge in [-0.05, 0) is 18.2 Å². The van der Waals surface area contributed by atoms with Crippen LogP contribution < -0.4 is 15.8 Å². The molecule has 1 aromatic heterocycles. The zero-order chi connectivity index (χ0) is 15.4. The van der Waals surface area contributed by atoms with Crippen LogP contribution >= 0.6 is 0 Å². The lowest BCUT2D eigenvalue weighted by atomic mass is 10.2. The van der Waals surface area contributed by atoms with E-state index in [4.69, 9.17) is 5.73 Å². The van der Waals surface area contributed by atoms with Crippen LogP contribution in [0.15, 0.2) is 30.5 Å². The van der Waals surface area contributed by atoms with E-state index < -0.39 is 12.5 Å². The molecule has 6 nitrogen and oxygen atoms in total. The summed E-state index contributed by atoms with van der Waals surface area (Å²) in [6, 6.07) is 5.51. The molecule has 0 bridgehead atoms. The topological polar surface area (TPSA) is 82.2 Å². The van der Waals surface area contributed by atoms with Crippen LogP contribution in [0.5, 0.6) is 5.75 Å². The molecule has 1 aromatic carbocycles. The van der Waals surface area contributed by atoms with Crippen LogP contribution in [0.25, 0.3) is 0 Å².